The lowest BCUT2D eigenvalue weighted by Gasteiger charge is -2.11. The van der Waals surface area contributed by atoms with Gasteiger partial charge in [-0.2, -0.15) is 0 Å². The van der Waals surface area contributed by atoms with Crippen molar-refractivity contribution < 1.29 is 9.53 Å². The number of carbonyl (C=O) groups is 1. The zero-order chi connectivity index (χ0) is 8.97. The van der Waals surface area contributed by atoms with Crippen LogP contribution in [0.2, 0.25) is 0 Å². The highest BCUT2D eigenvalue weighted by Gasteiger charge is 2.22. The van der Waals surface area contributed by atoms with Crippen molar-refractivity contribution in [3.63, 3.8) is 0 Å². The van der Waals surface area contributed by atoms with Crippen LogP contribution >= 0.6 is 0 Å². The molecule has 0 saturated heterocycles. The van der Waals surface area contributed by atoms with Gasteiger partial charge in [0.1, 0.15) is 6.10 Å². The van der Waals surface area contributed by atoms with Crippen molar-refractivity contribution in [1.82, 2.24) is 0 Å². The third kappa shape index (κ3) is 2.36. The molecule has 1 saturated carbocycles. The predicted molar refractivity (Wildman–Crippen MR) is 47.8 cm³/mol. The first-order valence-corrected chi connectivity index (χ1v) is 4.61. The number of hydrogen-bond acceptors (Lipinski definition) is 2. The number of rotatable bonds is 3. The molecule has 1 rings (SSSR count). The summed E-state index contributed by atoms with van der Waals surface area (Å²) >= 11 is 0. The van der Waals surface area contributed by atoms with Gasteiger partial charge in [0.2, 0.25) is 0 Å². The second kappa shape index (κ2) is 4.29. The largest absolute Gasteiger partial charge is 0.458 e. The Morgan fingerprint density at radius 2 is 2.50 bits per heavy atom. The molecule has 1 aliphatic rings. The van der Waals surface area contributed by atoms with Crippen molar-refractivity contribution in [1.29, 1.82) is 0 Å². The molecule has 0 aromatic carbocycles. The molecule has 0 bridgehead atoms. The van der Waals surface area contributed by atoms with Gasteiger partial charge in [0.15, 0.2) is 0 Å². The van der Waals surface area contributed by atoms with E-state index >= 15 is 0 Å². The molecule has 1 aliphatic carbocycles. The van der Waals surface area contributed by atoms with Gasteiger partial charge in [-0.25, -0.2) is 0 Å². The molecular formula is C10H16O2. The van der Waals surface area contributed by atoms with Crippen molar-refractivity contribution in [3.05, 3.63) is 12.2 Å². The lowest BCUT2D eigenvalue weighted by molar-refractivity contribution is -0.147. The average Bonchev–Trinajstić information content (AvgIpc) is 2.37. The maximum absolute atomic E-state index is 11.1. The summed E-state index contributed by atoms with van der Waals surface area (Å²) in [5, 5.41) is 0. The van der Waals surface area contributed by atoms with Gasteiger partial charge in [-0.05, 0) is 31.3 Å². The lowest BCUT2D eigenvalue weighted by Crippen LogP contribution is -2.15. The van der Waals surface area contributed by atoms with Gasteiger partial charge in [0, 0.05) is 6.42 Å². The second-order valence-corrected chi connectivity index (χ2v) is 3.28. The fourth-order valence-electron chi connectivity index (χ4n) is 1.44. The zero-order valence-corrected chi connectivity index (χ0v) is 7.64. The Hall–Kier alpha value is -0.790. The fourth-order valence-corrected chi connectivity index (χ4v) is 1.44. The summed E-state index contributed by atoms with van der Waals surface area (Å²) in [6.45, 7) is 5.85. The van der Waals surface area contributed by atoms with Crippen LogP contribution < -0.4 is 0 Å². The Labute approximate surface area is 73.6 Å². The fraction of sp³-hybridized carbons (Fsp3) is 0.700. The molecule has 0 amide bonds. The molecule has 0 aromatic heterocycles. The highest BCUT2D eigenvalue weighted by atomic mass is 16.5. The summed E-state index contributed by atoms with van der Waals surface area (Å²) < 4.78 is 5.23. The van der Waals surface area contributed by atoms with Crippen molar-refractivity contribution in [2.45, 2.75) is 45.1 Å². The molecule has 0 aromatic rings. The number of esters is 1. The molecule has 1 fully saturated rings. The van der Waals surface area contributed by atoms with Crippen LogP contribution in [0.1, 0.15) is 39.0 Å². The van der Waals surface area contributed by atoms with Crippen LogP contribution in [-0.4, -0.2) is 12.1 Å². The normalized spacial score (nSPS) is 22.8. The van der Waals surface area contributed by atoms with Crippen molar-refractivity contribution >= 4 is 5.97 Å². The van der Waals surface area contributed by atoms with E-state index in [0.29, 0.717) is 6.42 Å². The maximum Gasteiger partial charge on any atom is 0.306 e. The van der Waals surface area contributed by atoms with Gasteiger partial charge in [0.25, 0.3) is 0 Å². The molecule has 0 aliphatic heterocycles. The molecule has 68 valence electrons. The Morgan fingerprint density at radius 1 is 1.75 bits per heavy atom. The van der Waals surface area contributed by atoms with Gasteiger partial charge >= 0.3 is 5.97 Å². The van der Waals surface area contributed by atoms with Crippen molar-refractivity contribution in [2.75, 3.05) is 0 Å². The van der Waals surface area contributed by atoms with Crippen molar-refractivity contribution in [3.8, 4) is 0 Å². The van der Waals surface area contributed by atoms with Gasteiger partial charge in [-0.3, -0.25) is 4.79 Å². The molecule has 0 heterocycles. The Kier molecular flexibility index (Phi) is 3.32. The van der Waals surface area contributed by atoms with Crippen LogP contribution in [-0.2, 0) is 9.53 Å². The minimum atomic E-state index is -0.0782. The van der Waals surface area contributed by atoms with Gasteiger partial charge < -0.3 is 4.74 Å². The van der Waals surface area contributed by atoms with E-state index in [4.69, 9.17) is 4.74 Å². The zero-order valence-electron chi connectivity index (χ0n) is 7.64. The summed E-state index contributed by atoms with van der Waals surface area (Å²) in [6, 6.07) is 0. The molecule has 0 spiro atoms. The third-order valence-corrected chi connectivity index (χ3v) is 2.15. The van der Waals surface area contributed by atoms with E-state index in [1.807, 2.05) is 6.92 Å². The minimum absolute atomic E-state index is 0.0176. The Morgan fingerprint density at radius 3 is 3.00 bits per heavy atom. The average molecular weight is 168 g/mol. The monoisotopic (exact) mass is 168 g/mol. The number of carbonyl (C=O) groups excluding carboxylic acids is 1. The summed E-state index contributed by atoms with van der Waals surface area (Å²) in [6.07, 6.45) is 4.51. The standard InChI is InChI=1S/C10H16O2/c1-3-5-10(11)12-9-7-4-6-8(9)2/h9H,2-7H2,1H3. The molecular weight excluding hydrogens is 152 g/mol. The van der Waals surface area contributed by atoms with Crippen LogP contribution in [0.4, 0.5) is 0 Å². The van der Waals surface area contributed by atoms with Crippen LogP contribution in [0.5, 0.6) is 0 Å². The molecule has 0 radical (unpaired) electrons. The van der Waals surface area contributed by atoms with Gasteiger partial charge in [-0.1, -0.05) is 13.5 Å². The third-order valence-electron chi connectivity index (χ3n) is 2.15. The SMILES string of the molecule is C=C1CCCC1OC(=O)CCC. The van der Waals surface area contributed by atoms with Crippen LogP contribution in [0.3, 0.4) is 0 Å². The van der Waals surface area contributed by atoms with E-state index in [0.717, 1.165) is 31.3 Å². The first-order chi connectivity index (χ1) is 5.74. The molecule has 2 nitrogen and oxygen atoms in total. The van der Waals surface area contributed by atoms with E-state index in [1.54, 1.807) is 0 Å². The van der Waals surface area contributed by atoms with E-state index in [-0.39, 0.29) is 12.1 Å². The lowest BCUT2D eigenvalue weighted by atomic mass is 10.2. The molecule has 0 N–H and O–H groups in total. The van der Waals surface area contributed by atoms with Gasteiger partial charge in [-0.15, -0.1) is 0 Å². The maximum atomic E-state index is 11.1. The first kappa shape index (κ1) is 9.30. The number of ether oxygens (including phenoxy) is 1. The van der Waals surface area contributed by atoms with E-state index in [2.05, 4.69) is 6.58 Å². The van der Waals surface area contributed by atoms with E-state index in [9.17, 15) is 4.79 Å². The van der Waals surface area contributed by atoms with Crippen molar-refractivity contribution in [2.24, 2.45) is 0 Å². The second-order valence-electron chi connectivity index (χ2n) is 3.28. The number of hydrogen-bond donors (Lipinski definition) is 0. The summed E-state index contributed by atoms with van der Waals surface area (Å²) in [7, 11) is 0. The van der Waals surface area contributed by atoms with Crippen LogP contribution in [0.15, 0.2) is 12.2 Å². The van der Waals surface area contributed by atoms with Gasteiger partial charge in [0.05, 0.1) is 0 Å². The van der Waals surface area contributed by atoms with E-state index < -0.39 is 0 Å². The molecule has 1 atom stereocenters. The molecule has 1 unspecified atom stereocenters. The smallest absolute Gasteiger partial charge is 0.306 e. The van der Waals surface area contributed by atoms with E-state index in [1.165, 1.54) is 0 Å². The van der Waals surface area contributed by atoms with Crippen LogP contribution in [0, 0.1) is 0 Å². The highest BCUT2D eigenvalue weighted by molar-refractivity contribution is 5.69. The molecule has 2 heteroatoms. The highest BCUT2D eigenvalue weighted by Crippen LogP contribution is 2.26. The first-order valence-electron chi connectivity index (χ1n) is 4.61. The topological polar surface area (TPSA) is 26.3 Å². The quantitative estimate of drug-likeness (QED) is 0.478. The predicted octanol–water partition coefficient (Wildman–Crippen LogP) is 2.44. The van der Waals surface area contributed by atoms with Crippen LogP contribution in [0.25, 0.3) is 0 Å². The minimum Gasteiger partial charge on any atom is -0.458 e. The summed E-state index contributed by atoms with van der Waals surface area (Å²) in [5.41, 5.74) is 1.08. The summed E-state index contributed by atoms with van der Waals surface area (Å²) in [4.78, 5) is 11.1. The molecule has 12 heavy (non-hydrogen) atoms. The summed E-state index contributed by atoms with van der Waals surface area (Å²) in [5.74, 6) is -0.0782. The Bertz CT molecular complexity index is 184. The Balaban J connectivity index is 2.30.